The average Bonchev–Trinajstić information content (AvgIpc) is 2.36. The van der Waals surface area contributed by atoms with E-state index in [0.29, 0.717) is 25.1 Å². The van der Waals surface area contributed by atoms with Crippen LogP contribution in [0, 0.1) is 0 Å². The van der Waals surface area contributed by atoms with Crippen LogP contribution in [0.3, 0.4) is 0 Å². The molecule has 1 aliphatic heterocycles. The first-order valence-corrected chi connectivity index (χ1v) is 5.81. The molecule has 1 atom stereocenters. The van der Waals surface area contributed by atoms with Crippen LogP contribution in [0.15, 0.2) is 18.2 Å². The number of hydrogen-bond acceptors (Lipinski definition) is 3. The normalized spacial score (nSPS) is 16.9. The second-order valence-electron chi connectivity index (χ2n) is 4.48. The molecule has 1 aromatic rings. The molecule has 18 heavy (non-hydrogen) atoms. The van der Waals surface area contributed by atoms with Gasteiger partial charge in [-0.25, -0.2) is 4.79 Å². The molecule has 0 saturated carbocycles. The number of aliphatic carboxylic acids is 1. The molecule has 1 heterocycles. The van der Waals surface area contributed by atoms with Gasteiger partial charge in [-0.3, -0.25) is 9.69 Å². The summed E-state index contributed by atoms with van der Waals surface area (Å²) in [5, 5.41) is 18.1. The molecule has 5 heteroatoms. The Hall–Kier alpha value is -1.88. The van der Waals surface area contributed by atoms with Gasteiger partial charge in [0, 0.05) is 13.1 Å². The maximum atomic E-state index is 11.1. The average molecular weight is 249 g/mol. The first-order valence-electron chi connectivity index (χ1n) is 5.81. The molecular formula is C13H15NO4. The second kappa shape index (κ2) is 4.78. The third-order valence-electron chi connectivity index (χ3n) is 3.43. The van der Waals surface area contributed by atoms with Gasteiger partial charge in [0.1, 0.15) is 6.04 Å². The molecule has 0 saturated heterocycles. The van der Waals surface area contributed by atoms with Crippen molar-refractivity contribution in [2.75, 3.05) is 6.54 Å². The van der Waals surface area contributed by atoms with Crippen LogP contribution in [0.25, 0.3) is 0 Å². The monoisotopic (exact) mass is 249 g/mol. The molecule has 0 spiro atoms. The summed E-state index contributed by atoms with van der Waals surface area (Å²) < 4.78 is 0. The Balaban J connectivity index is 2.28. The zero-order valence-corrected chi connectivity index (χ0v) is 10.1. The van der Waals surface area contributed by atoms with Gasteiger partial charge in [-0.1, -0.05) is 12.1 Å². The molecule has 2 rings (SSSR count). The Kier molecular flexibility index (Phi) is 3.34. The Bertz CT molecular complexity index is 498. The fraction of sp³-hybridized carbons (Fsp3) is 0.385. The van der Waals surface area contributed by atoms with Crippen LogP contribution in [0.4, 0.5) is 0 Å². The highest BCUT2D eigenvalue weighted by atomic mass is 16.4. The quantitative estimate of drug-likeness (QED) is 0.842. The maximum Gasteiger partial charge on any atom is 0.335 e. The van der Waals surface area contributed by atoms with Crippen LogP contribution < -0.4 is 0 Å². The second-order valence-corrected chi connectivity index (χ2v) is 4.48. The summed E-state index contributed by atoms with van der Waals surface area (Å²) in [6, 6.07) is 4.61. The van der Waals surface area contributed by atoms with Gasteiger partial charge >= 0.3 is 11.9 Å². The summed E-state index contributed by atoms with van der Waals surface area (Å²) in [6.45, 7) is 2.71. The number of hydrogen-bond donors (Lipinski definition) is 2. The molecule has 1 unspecified atom stereocenters. The number of carboxylic acid groups (broad SMARTS) is 2. The van der Waals surface area contributed by atoms with Crippen molar-refractivity contribution in [2.45, 2.75) is 25.9 Å². The highest BCUT2D eigenvalue weighted by molar-refractivity contribution is 5.89. The lowest BCUT2D eigenvalue weighted by atomic mass is 9.94. The van der Waals surface area contributed by atoms with Crippen molar-refractivity contribution < 1.29 is 19.8 Å². The Labute approximate surface area is 105 Å². The fourth-order valence-corrected chi connectivity index (χ4v) is 2.32. The van der Waals surface area contributed by atoms with E-state index < -0.39 is 18.0 Å². The standard InChI is InChI=1S/C13H15NO4/c1-8(12(15)16)14-6-5-10-9(7-14)3-2-4-11(10)13(17)18/h2-4,8H,5-7H2,1H3,(H,15,16)(H,17,18). The third-order valence-corrected chi connectivity index (χ3v) is 3.43. The minimum absolute atomic E-state index is 0.329. The van der Waals surface area contributed by atoms with E-state index in [2.05, 4.69) is 0 Å². The van der Waals surface area contributed by atoms with Gasteiger partial charge < -0.3 is 10.2 Å². The molecule has 1 aliphatic rings. The van der Waals surface area contributed by atoms with Crippen LogP contribution in [0.1, 0.15) is 28.4 Å². The number of benzene rings is 1. The van der Waals surface area contributed by atoms with Crippen molar-refractivity contribution in [3.05, 3.63) is 34.9 Å². The van der Waals surface area contributed by atoms with E-state index in [9.17, 15) is 9.59 Å². The van der Waals surface area contributed by atoms with Crippen molar-refractivity contribution in [1.29, 1.82) is 0 Å². The van der Waals surface area contributed by atoms with Crippen LogP contribution >= 0.6 is 0 Å². The summed E-state index contributed by atoms with van der Waals surface area (Å²) in [7, 11) is 0. The summed E-state index contributed by atoms with van der Waals surface area (Å²) >= 11 is 0. The van der Waals surface area contributed by atoms with Crippen LogP contribution in [0.2, 0.25) is 0 Å². The maximum absolute atomic E-state index is 11.1. The molecule has 0 aliphatic carbocycles. The lowest BCUT2D eigenvalue weighted by molar-refractivity contribution is -0.143. The Morgan fingerprint density at radius 3 is 2.67 bits per heavy atom. The molecule has 0 bridgehead atoms. The number of carboxylic acids is 2. The van der Waals surface area contributed by atoms with Gasteiger partial charge in [0.25, 0.3) is 0 Å². The number of nitrogens with zero attached hydrogens (tertiary/aromatic N) is 1. The molecule has 96 valence electrons. The Morgan fingerprint density at radius 2 is 2.06 bits per heavy atom. The largest absolute Gasteiger partial charge is 0.480 e. The van der Waals surface area contributed by atoms with E-state index in [4.69, 9.17) is 10.2 Å². The van der Waals surface area contributed by atoms with E-state index in [1.165, 1.54) is 0 Å². The molecule has 0 aromatic heterocycles. The number of rotatable bonds is 3. The minimum atomic E-state index is -0.924. The number of fused-ring (bicyclic) bond motifs is 1. The summed E-state index contributed by atoms with van der Waals surface area (Å²) in [6.07, 6.45) is 0.579. The fourth-order valence-electron chi connectivity index (χ4n) is 2.32. The van der Waals surface area contributed by atoms with Gasteiger partial charge in [0.15, 0.2) is 0 Å². The highest BCUT2D eigenvalue weighted by Crippen LogP contribution is 2.23. The molecule has 2 N–H and O–H groups in total. The smallest absolute Gasteiger partial charge is 0.335 e. The first kappa shape index (κ1) is 12.6. The zero-order valence-electron chi connectivity index (χ0n) is 10.1. The van der Waals surface area contributed by atoms with Gasteiger partial charge in [0.05, 0.1) is 5.56 Å². The number of carbonyl (C=O) groups is 2. The number of aromatic carboxylic acids is 1. The minimum Gasteiger partial charge on any atom is -0.480 e. The molecule has 0 radical (unpaired) electrons. The summed E-state index contributed by atoms with van der Waals surface area (Å²) in [4.78, 5) is 23.9. The summed E-state index contributed by atoms with van der Waals surface area (Å²) in [5.41, 5.74) is 2.07. The highest BCUT2D eigenvalue weighted by Gasteiger charge is 2.26. The van der Waals surface area contributed by atoms with Crippen molar-refractivity contribution in [1.82, 2.24) is 4.90 Å². The van der Waals surface area contributed by atoms with Crippen molar-refractivity contribution in [3.8, 4) is 0 Å². The van der Waals surface area contributed by atoms with Crippen molar-refractivity contribution >= 4 is 11.9 Å². The molecule has 5 nitrogen and oxygen atoms in total. The Morgan fingerprint density at radius 1 is 1.33 bits per heavy atom. The first-order chi connectivity index (χ1) is 8.50. The van der Waals surface area contributed by atoms with Crippen LogP contribution in [-0.4, -0.2) is 39.6 Å². The summed E-state index contributed by atoms with van der Waals surface area (Å²) in [5.74, 6) is -1.78. The van der Waals surface area contributed by atoms with Crippen molar-refractivity contribution in [3.63, 3.8) is 0 Å². The van der Waals surface area contributed by atoms with E-state index >= 15 is 0 Å². The predicted molar refractivity (Wildman–Crippen MR) is 64.6 cm³/mol. The van der Waals surface area contributed by atoms with E-state index in [1.807, 2.05) is 11.0 Å². The van der Waals surface area contributed by atoms with E-state index in [-0.39, 0.29) is 0 Å². The zero-order chi connectivity index (χ0) is 13.3. The van der Waals surface area contributed by atoms with Gasteiger partial charge in [0.2, 0.25) is 0 Å². The van der Waals surface area contributed by atoms with Crippen LogP contribution in [0.5, 0.6) is 0 Å². The topological polar surface area (TPSA) is 77.8 Å². The van der Waals surface area contributed by atoms with Gasteiger partial charge in [-0.15, -0.1) is 0 Å². The lowest BCUT2D eigenvalue weighted by Gasteiger charge is -2.32. The van der Waals surface area contributed by atoms with Gasteiger partial charge in [-0.2, -0.15) is 0 Å². The molecule has 0 fully saturated rings. The van der Waals surface area contributed by atoms with E-state index in [1.54, 1.807) is 19.1 Å². The predicted octanol–water partition coefficient (Wildman–Crippen LogP) is 1.22. The molecular weight excluding hydrogens is 234 g/mol. The van der Waals surface area contributed by atoms with Crippen molar-refractivity contribution in [2.24, 2.45) is 0 Å². The molecule has 1 aromatic carbocycles. The lowest BCUT2D eigenvalue weighted by Crippen LogP contribution is -2.42. The van der Waals surface area contributed by atoms with Gasteiger partial charge in [-0.05, 0) is 30.5 Å². The van der Waals surface area contributed by atoms with E-state index in [0.717, 1.165) is 11.1 Å². The molecule has 0 amide bonds. The SMILES string of the molecule is CC(C(=O)O)N1CCc2c(cccc2C(=O)O)C1. The van der Waals surface area contributed by atoms with Crippen LogP contribution in [-0.2, 0) is 17.8 Å². The third kappa shape index (κ3) is 2.22.